The Hall–Kier alpha value is -1.96. The van der Waals surface area contributed by atoms with Crippen molar-refractivity contribution in [1.82, 2.24) is 0 Å². The zero-order chi connectivity index (χ0) is 12.3. The Bertz CT molecular complexity index is 491. The van der Waals surface area contributed by atoms with E-state index < -0.39 is 0 Å². The van der Waals surface area contributed by atoms with Crippen LogP contribution in [0.15, 0.2) is 48.5 Å². The van der Waals surface area contributed by atoms with Crippen LogP contribution in [0.1, 0.15) is 11.1 Å². The molecular weight excluding hydrogens is 210 g/mol. The summed E-state index contributed by atoms with van der Waals surface area (Å²) in [6.45, 7) is 2.93. The largest absolute Gasteiger partial charge is 0.508 e. The van der Waals surface area contributed by atoms with E-state index in [1.54, 1.807) is 12.1 Å². The summed E-state index contributed by atoms with van der Waals surface area (Å²) in [7, 11) is 2.07. The SMILES string of the molecule is Cc1cccc(N(C)Cc2ccc(O)cc2)c1. The number of hydrogen-bond donors (Lipinski definition) is 1. The van der Waals surface area contributed by atoms with Crippen molar-refractivity contribution in [1.29, 1.82) is 0 Å². The van der Waals surface area contributed by atoms with Crippen molar-refractivity contribution in [2.75, 3.05) is 11.9 Å². The highest BCUT2D eigenvalue weighted by Crippen LogP contribution is 2.18. The molecule has 0 aliphatic rings. The third kappa shape index (κ3) is 3.00. The van der Waals surface area contributed by atoms with E-state index in [0.717, 1.165) is 6.54 Å². The predicted octanol–water partition coefficient (Wildman–Crippen LogP) is 3.34. The molecule has 0 unspecified atom stereocenters. The molecule has 2 rings (SSSR count). The van der Waals surface area contributed by atoms with Gasteiger partial charge in [-0.05, 0) is 42.3 Å². The molecular formula is C15H17NO. The first kappa shape index (κ1) is 11.5. The lowest BCUT2D eigenvalue weighted by atomic mass is 10.1. The number of aromatic hydroxyl groups is 1. The molecule has 0 saturated heterocycles. The molecule has 2 nitrogen and oxygen atoms in total. The number of nitrogens with zero attached hydrogens (tertiary/aromatic N) is 1. The van der Waals surface area contributed by atoms with Gasteiger partial charge in [0.2, 0.25) is 0 Å². The molecule has 17 heavy (non-hydrogen) atoms. The van der Waals surface area contributed by atoms with Gasteiger partial charge < -0.3 is 10.0 Å². The van der Waals surface area contributed by atoms with Crippen LogP contribution in [0, 0.1) is 6.92 Å². The minimum absolute atomic E-state index is 0.312. The van der Waals surface area contributed by atoms with E-state index >= 15 is 0 Å². The first-order chi connectivity index (χ1) is 8.15. The number of rotatable bonds is 3. The summed E-state index contributed by atoms with van der Waals surface area (Å²) >= 11 is 0. The number of anilines is 1. The molecule has 0 saturated carbocycles. The molecule has 88 valence electrons. The summed E-state index contributed by atoms with van der Waals surface area (Å²) in [5.74, 6) is 0.312. The quantitative estimate of drug-likeness (QED) is 0.869. The number of phenolic OH excluding ortho intramolecular Hbond substituents is 1. The summed E-state index contributed by atoms with van der Waals surface area (Å²) in [6, 6.07) is 15.8. The summed E-state index contributed by atoms with van der Waals surface area (Å²) in [4.78, 5) is 2.19. The van der Waals surface area contributed by atoms with E-state index in [1.165, 1.54) is 16.8 Å². The van der Waals surface area contributed by atoms with Crippen molar-refractivity contribution < 1.29 is 5.11 Å². The van der Waals surface area contributed by atoms with E-state index in [2.05, 4.69) is 43.1 Å². The van der Waals surface area contributed by atoms with Crippen LogP contribution in [-0.4, -0.2) is 12.2 Å². The lowest BCUT2D eigenvalue weighted by molar-refractivity contribution is 0.475. The van der Waals surface area contributed by atoms with Gasteiger partial charge in [-0.15, -0.1) is 0 Å². The molecule has 0 aliphatic carbocycles. The third-order valence-electron chi connectivity index (χ3n) is 2.80. The molecule has 0 fully saturated rings. The van der Waals surface area contributed by atoms with Crippen molar-refractivity contribution in [2.45, 2.75) is 13.5 Å². The van der Waals surface area contributed by atoms with Gasteiger partial charge in [-0.2, -0.15) is 0 Å². The zero-order valence-corrected chi connectivity index (χ0v) is 10.2. The topological polar surface area (TPSA) is 23.5 Å². The number of phenols is 1. The smallest absolute Gasteiger partial charge is 0.115 e. The van der Waals surface area contributed by atoms with Gasteiger partial charge in [0.25, 0.3) is 0 Å². The molecule has 2 aromatic rings. The maximum Gasteiger partial charge on any atom is 0.115 e. The van der Waals surface area contributed by atoms with Crippen LogP contribution >= 0.6 is 0 Å². The fourth-order valence-corrected chi connectivity index (χ4v) is 1.83. The van der Waals surface area contributed by atoms with Gasteiger partial charge in [0.15, 0.2) is 0 Å². The molecule has 0 bridgehead atoms. The van der Waals surface area contributed by atoms with Gasteiger partial charge in [-0.1, -0.05) is 24.3 Å². The molecule has 0 amide bonds. The summed E-state index contributed by atoms with van der Waals surface area (Å²) in [6.07, 6.45) is 0. The Morgan fingerprint density at radius 3 is 2.41 bits per heavy atom. The Morgan fingerprint density at radius 2 is 1.76 bits per heavy atom. The molecule has 2 aromatic carbocycles. The maximum atomic E-state index is 9.23. The molecule has 2 heteroatoms. The lowest BCUT2D eigenvalue weighted by Crippen LogP contribution is -2.16. The molecule has 0 spiro atoms. The van der Waals surface area contributed by atoms with E-state index in [4.69, 9.17) is 0 Å². The highest BCUT2D eigenvalue weighted by Gasteiger charge is 2.02. The monoisotopic (exact) mass is 227 g/mol. The average Bonchev–Trinajstić information content (AvgIpc) is 2.32. The second-order valence-corrected chi connectivity index (χ2v) is 4.36. The fourth-order valence-electron chi connectivity index (χ4n) is 1.83. The third-order valence-corrected chi connectivity index (χ3v) is 2.80. The number of hydrogen-bond acceptors (Lipinski definition) is 2. The molecule has 0 aromatic heterocycles. The van der Waals surface area contributed by atoms with Crippen LogP contribution in [0.4, 0.5) is 5.69 Å². The van der Waals surface area contributed by atoms with Crippen LogP contribution in [0.5, 0.6) is 5.75 Å². The second-order valence-electron chi connectivity index (χ2n) is 4.36. The van der Waals surface area contributed by atoms with Gasteiger partial charge in [0, 0.05) is 19.3 Å². The minimum Gasteiger partial charge on any atom is -0.508 e. The summed E-state index contributed by atoms with van der Waals surface area (Å²) in [5, 5.41) is 9.23. The Balaban J connectivity index is 2.11. The van der Waals surface area contributed by atoms with Crippen molar-refractivity contribution in [3.05, 3.63) is 59.7 Å². The first-order valence-electron chi connectivity index (χ1n) is 5.71. The van der Waals surface area contributed by atoms with Crippen LogP contribution in [0.2, 0.25) is 0 Å². The van der Waals surface area contributed by atoms with Gasteiger partial charge in [0.05, 0.1) is 0 Å². The van der Waals surface area contributed by atoms with Gasteiger partial charge in [0.1, 0.15) is 5.75 Å². The standard InChI is InChI=1S/C15H17NO/c1-12-4-3-5-14(10-12)16(2)11-13-6-8-15(17)9-7-13/h3-10,17H,11H2,1-2H3. The Kier molecular flexibility index (Phi) is 3.33. The van der Waals surface area contributed by atoms with Crippen LogP contribution in [0.25, 0.3) is 0 Å². The highest BCUT2D eigenvalue weighted by atomic mass is 16.3. The normalized spacial score (nSPS) is 10.2. The lowest BCUT2D eigenvalue weighted by Gasteiger charge is -2.19. The van der Waals surface area contributed by atoms with Gasteiger partial charge in [-0.25, -0.2) is 0 Å². The van der Waals surface area contributed by atoms with E-state index in [9.17, 15) is 5.11 Å². The van der Waals surface area contributed by atoms with E-state index in [1.807, 2.05) is 12.1 Å². The van der Waals surface area contributed by atoms with Crippen molar-refractivity contribution in [3.8, 4) is 5.75 Å². The molecule has 0 aliphatic heterocycles. The first-order valence-corrected chi connectivity index (χ1v) is 5.71. The fraction of sp³-hybridized carbons (Fsp3) is 0.200. The zero-order valence-electron chi connectivity index (χ0n) is 10.2. The molecule has 0 radical (unpaired) electrons. The number of benzene rings is 2. The van der Waals surface area contributed by atoms with E-state index in [0.29, 0.717) is 5.75 Å². The Morgan fingerprint density at radius 1 is 1.06 bits per heavy atom. The predicted molar refractivity (Wildman–Crippen MR) is 71.4 cm³/mol. The Labute approximate surface area is 102 Å². The minimum atomic E-state index is 0.312. The van der Waals surface area contributed by atoms with Gasteiger partial charge in [-0.3, -0.25) is 0 Å². The summed E-state index contributed by atoms with van der Waals surface area (Å²) < 4.78 is 0. The van der Waals surface area contributed by atoms with Crippen LogP contribution in [0.3, 0.4) is 0 Å². The maximum absolute atomic E-state index is 9.23. The molecule has 0 heterocycles. The molecule has 0 atom stereocenters. The number of aryl methyl sites for hydroxylation is 1. The summed E-state index contributed by atoms with van der Waals surface area (Å²) in [5.41, 5.74) is 3.66. The second kappa shape index (κ2) is 4.91. The average molecular weight is 227 g/mol. The van der Waals surface area contributed by atoms with Gasteiger partial charge >= 0.3 is 0 Å². The van der Waals surface area contributed by atoms with E-state index in [-0.39, 0.29) is 0 Å². The molecule has 1 N–H and O–H groups in total. The highest BCUT2D eigenvalue weighted by molar-refractivity contribution is 5.48. The van der Waals surface area contributed by atoms with Crippen LogP contribution < -0.4 is 4.90 Å². The van der Waals surface area contributed by atoms with Crippen LogP contribution in [-0.2, 0) is 6.54 Å². The van der Waals surface area contributed by atoms with Crippen molar-refractivity contribution in [3.63, 3.8) is 0 Å². The van der Waals surface area contributed by atoms with Crippen molar-refractivity contribution >= 4 is 5.69 Å². The van der Waals surface area contributed by atoms with Crippen molar-refractivity contribution in [2.24, 2.45) is 0 Å².